The SMILES string of the molecule is CC\C=C/C=C\C=C/C=C\CCCCCCCC(=O)OC(COC(=O)CCCCCCC/C=C\CCCCC)COC(=O)CCCCCCCC/C=C\C/C=C\C/C=C\CC. The summed E-state index contributed by atoms with van der Waals surface area (Å²) < 4.78 is 16.7. The fourth-order valence-corrected chi connectivity index (χ4v) is 6.46. The Balaban J connectivity index is 4.47. The number of carbonyl (C=O) groups is 3. The van der Waals surface area contributed by atoms with Crippen LogP contribution in [-0.2, 0) is 28.6 Å². The van der Waals surface area contributed by atoms with Gasteiger partial charge in [-0.05, 0) is 96.3 Å². The lowest BCUT2D eigenvalue weighted by Crippen LogP contribution is -2.30. The van der Waals surface area contributed by atoms with Crippen LogP contribution in [0.4, 0.5) is 0 Å². The predicted octanol–water partition coefficient (Wildman–Crippen LogP) is 16.2. The third-order valence-electron chi connectivity index (χ3n) is 10.1. The van der Waals surface area contributed by atoms with Crippen LogP contribution in [0.2, 0.25) is 0 Å². The smallest absolute Gasteiger partial charge is 0.306 e. The van der Waals surface area contributed by atoms with Gasteiger partial charge in [0.05, 0.1) is 0 Å². The summed E-state index contributed by atoms with van der Waals surface area (Å²) in [6.45, 7) is 6.31. The quantitative estimate of drug-likeness (QED) is 0.0200. The Morgan fingerprint density at radius 2 is 0.721 bits per heavy atom. The Morgan fingerprint density at radius 3 is 1.21 bits per heavy atom. The van der Waals surface area contributed by atoms with Crippen LogP contribution < -0.4 is 0 Å². The second-order valence-electron chi connectivity index (χ2n) is 16.0. The van der Waals surface area contributed by atoms with E-state index in [0.717, 1.165) is 128 Å². The lowest BCUT2D eigenvalue weighted by molar-refractivity contribution is -0.167. The van der Waals surface area contributed by atoms with Gasteiger partial charge in [-0.25, -0.2) is 0 Å². The van der Waals surface area contributed by atoms with E-state index in [-0.39, 0.29) is 31.1 Å². The van der Waals surface area contributed by atoms with E-state index in [0.29, 0.717) is 19.3 Å². The third-order valence-corrected chi connectivity index (χ3v) is 10.1. The minimum Gasteiger partial charge on any atom is -0.462 e. The summed E-state index contributed by atoms with van der Waals surface area (Å²) in [5.74, 6) is -0.948. The van der Waals surface area contributed by atoms with Crippen molar-refractivity contribution in [1.29, 1.82) is 0 Å². The second kappa shape index (κ2) is 49.0. The molecule has 6 nitrogen and oxygen atoms in total. The van der Waals surface area contributed by atoms with Crippen LogP contribution in [0.5, 0.6) is 0 Å². The molecule has 1 unspecified atom stereocenters. The van der Waals surface area contributed by atoms with Crippen LogP contribution in [0.15, 0.2) is 97.2 Å². The third kappa shape index (κ3) is 47.2. The zero-order valence-electron chi connectivity index (χ0n) is 39.4. The van der Waals surface area contributed by atoms with Crippen molar-refractivity contribution < 1.29 is 28.6 Å². The molecule has 0 fully saturated rings. The number of hydrogen-bond donors (Lipinski definition) is 0. The van der Waals surface area contributed by atoms with Gasteiger partial charge in [-0.15, -0.1) is 0 Å². The fourth-order valence-electron chi connectivity index (χ4n) is 6.46. The van der Waals surface area contributed by atoms with Crippen molar-refractivity contribution in [2.75, 3.05) is 13.2 Å². The molecule has 346 valence electrons. The maximum Gasteiger partial charge on any atom is 0.306 e. The number of hydrogen-bond acceptors (Lipinski definition) is 6. The van der Waals surface area contributed by atoms with Gasteiger partial charge in [-0.1, -0.05) is 195 Å². The highest BCUT2D eigenvalue weighted by Gasteiger charge is 2.19. The van der Waals surface area contributed by atoms with E-state index in [2.05, 4.69) is 93.7 Å². The zero-order chi connectivity index (χ0) is 44.4. The van der Waals surface area contributed by atoms with Crippen molar-refractivity contribution in [1.82, 2.24) is 0 Å². The lowest BCUT2D eigenvalue weighted by Gasteiger charge is -2.18. The Labute approximate surface area is 375 Å². The molecule has 0 heterocycles. The highest BCUT2D eigenvalue weighted by Crippen LogP contribution is 2.13. The number of rotatable bonds is 43. The first-order chi connectivity index (χ1) is 30.0. The molecular weight excluding hydrogens is 757 g/mol. The first-order valence-electron chi connectivity index (χ1n) is 24.8. The number of allylic oxidation sites excluding steroid dienone is 16. The average Bonchev–Trinajstić information content (AvgIpc) is 3.26. The Bertz CT molecular complexity index is 1250. The van der Waals surface area contributed by atoms with Gasteiger partial charge in [0.25, 0.3) is 0 Å². The monoisotopic (exact) mass is 847 g/mol. The van der Waals surface area contributed by atoms with Gasteiger partial charge in [0.1, 0.15) is 13.2 Å². The molecule has 0 N–H and O–H groups in total. The van der Waals surface area contributed by atoms with Gasteiger partial charge < -0.3 is 14.2 Å². The second-order valence-corrected chi connectivity index (χ2v) is 16.0. The molecule has 0 bridgehead atoms. The molecule has 0 spiro atoms. The van der Waals surface area contributed by atoms with Gasteiger partial charge in [-0.3, -0.25) is 14.4 Å². The van der Waals surface area contributed by atoms with Crippen LogP contribution in [0.25, 0.3) is 0 Å². The first-order valence-corrected chi connectivity index (χ1v) is 24.8. The van der Waals surface area contributed by atoms with Crippen molar-refractivity contribution >= 4 is 17.9 Å². The van der Waals surface area contributed by atoms with Crippen molar-refractivity contribution in [3.8, 4) is 0 Å². The van der Waals surface area contributed by atoms with Gasteiger partial charge in [0.2, 0.25) is 0 Å². The van der Waals surface area contributed by atoms with E-state index in [1.807, 2.05) is 24.3 Å². The molecule has 0 saturated heterocycles. The molecule has 0 rings (SSSR count). The Kier molecular flexibility index (Phi) is 46.0. The molecule has 0 aliphatic rings. The van der Waals surface area contributed by atoms with Crippen molar-refractivity contribution in [3.05, 3.63) is 97.2 Å². The maximum absolute atomic E-state index is 12.8. The average molecular weight is 847 g/mol. The Morgan fingerprint density at radius 1 is 0.361 bits per heavy atom. The minimum absolute atomic E-state index is 0.0973. The summed E-state index contributed by atoms with van der Waals surface area (Å²) in [4.78, 5) is 37.9. The van der Waals surface area contributed by atoms with Crippen LogP contribution in [0.3, 0.4) is 0 Å². The molecule has 0 saturated carbocycles. The topological polar surface area (TPSA) is 78.9 Å². The number of esters is 3. The number of ether oxygens (including phenoxy) is 3. The van der Waals surface area contributed by atoms with Crippen LogP contribution >= 0.6 is 0 Å². The number of unbranched alkanes of at least 4 members (excludes halogenated alkanes) is 19. The maximum atomic E-state index is 12.8. The molecule has 0 radical (unpaired) electrons. The van der Waals surface area contributed by atoms with E-state index < -0.39 is 6.10 Å². The van der Waals surface area contributed by atoms with Crippen molar-refractivity contribution in [3.63, 3.8) is 0 Å². The predicted molar refractivity (Wildman–Crippen MR) is 260 cm³/mol. The van der Waals surface area contributed by atoms with Crippen LogP contribution in [0.1, 0.15) is 213 Å². The summed E-state index contributed by atoms with van der Waals surface area (Å²) >= 11 is 0. The van der Waals surface area contributed by atoms with Gasteiger partial charge in [0, 0.05) is 19.3 Å². The van der Waals surface area contributed by atoms with Gasteiger partial charge in [0.15, 0.2) is 6.10 Å². The molecule has 0 aromatic rings. The van der Waals surface area contributed by atoms with Gasteiger partial charge >= 0.3 is 17.9 Å². The first kappa shape index (κ1) is 57.3. The van der Waals surface area contributed by atoms with E-state index >= 15 is 0 Å². The van der Waals surface area contributed by atoms with E-state index in [4.69, 9.17) is 14.2 Å². The van der Waals surface area contributed by atoms with E-state index in [1.54, 1.807) is 0 Å². The minimum atomic E-state index is -0.799. The molecule has 61 heavy (non-hydrogen) atoms. The van der Waals surface area contributed by atoms with Gasteiger partial charge in [-0.2, -0.15) is 0 Å². The van der Waals surface area contributed by atoms with E-state index in [1.165, 1.54) is 44.9 Å². The van der Waals surface area contributed by atoms with Crippen molar-refractivity contribution in [2.24, 2.45) is 0 Å². The lowest BCUT2D eigenvalue weighted by atomic mass is 10.1. The molecule has 6 heteroatoms. The molecule has 0 amide bonds. The molecule has 0 aromatic carbocycles. The molecule has 1 atom stereocenters. The van der Waals surface area contributed by atoms with Crippen molar-refractivity contribution in [2.45, 2.75) is 219 Å². The van der Waals surface area contributed by atoms with Crippen LogP contribution in [-0.4, -0.2) is 37.2 Å². The molecular formula is C55H90O6. The summed E-state index contributed by atoms with van der Waals surface area (Å²) in [5, 5.41) is 0. The normalized spacial score (nSPS) is 12.9. The van der Waals surface area contributed by atoms with Crippen LogP contribution in [0, 0.1) is 0 Å². The molecule has 0 aliphatic carbocycles. The summed E-state index contributed by atoms with van der Waals surface area (Å²) in [5.41, 5.74) is 0. The summed E-state index contributed by atoms with van der Waals surface area (Å²) in [6.07, 6.45) is 63.8. The largest absolute Gasteiger partial charge is 0.462 e. The van der Waals surface area contributed by atoms with E-state index in [9.17, 15) is 14.4 Å². The molecule has 0 aliphatic heterocycles. The zero-order valence-corrected chi connectivity index (χ0v) is 39.4. The Hall–Kier alpha value is -3.67. The number of carbonyl (C=O) groups excluding carboxylic acids is 3. The summed E-state index contributed by atoms with van der Waals surface area (Å²) in [6, 6.07) is 0. The fraction of sp³-hybridized carbons (Fsp3) is 0.655. The standard InChI is InChI=1S/C55H90O6/c1-4-7-10-13-16-19-22-25-27-29-30-33-36-39-42-45-48-54(57)60-51-52(50-59-53(56)47-44-41-38-35-32-24-21-18-15-12-9-6-3)61-55(58)49-46-43-40-37-34-31-28-26-23-20-17-14-11-8-5-2/h7-8,10-11,14,16-21,23,25-28,52H,4-6,9,12-13,15,22,24,29-51H2,1-3H3/b10-7-,11-8-,17-14-,19-16-,21-18-,23-20-,27-25-,28-26-. The highest BCUT2D eigenvalue weighted by atomic mass is 16.6. The summed E-state index contributed by atoms with van der Waals surface area (Å²) in [7, 11) is 0. The molecule has 0 aromatic heterocycles. The highest BCUT2D eigenvalue weighted by molar-refractivity contribution is 5.71.